The van der Waals surface area contributed by atoms with Gasteiger partial charge in [-0.05, 0) is 17.0 Å². The molecule has 0 saturated heterocycles. The fourth-order valence-electron chi connectivity index (χ4n) is 1.49. The van der Waals surface area contributed by atoms with Crippen molar-refractivity contribution in [3.8, 4) is 5.75 Å². The lowest BCUT2D eigenvalue weighted by Crippen LogP contribution is -1.94. The molecule has 1 heterocycles. The van der Waals surface area contributed by atoms with Gasteiger partial charge in [0.05, 0.1) is 11.8 Å². The second-order valence-electron chi connectivity index (χ2n) is 2.94. The Balaban J connectivity index is 2.81. The minimum atomic E-state index is 0.774. The highest BCUT2D eigenvalue weighted by atomic mass is 79.9. The van der Waals surface area contributed by atoms with E-state index in [9.17, 15) is 0 Å². The van der Waals surface area contributed by atoms with E-state index in [0.29, 0.717) is 0 Å². The molecule has 0 fully saturated rings. The number of ether oxygens (including phenoxy) is 1. The lowest BCUT2D eigenvalue weighted by molar-refractivity contribution is 0.420. The molecule has 0 unspecified atom stereocenters. The summed E-state index contributed by atoms with van der Waals surface area (Å²) in [7, 11) is 1.67. The van der Waals surface area contributed by atoms with Crippen LogP contribution < -0.4 is 10.5 Å². The van der Waals surface area contributed by atoms with E-state index in [1.165, 1.54) is 5.39 Å². The summed E-state index contributed by atoms with van der Waals surface area (Å²) < 4.78 is 6.44. The number of nitrogens with two attached hydrogens (primary N) is 1. The van der Waals surface area contributed by atoms with Crippen LogP contribution in [0.4, 0.5) is 5.69 Å². The Bertz CT molecular complexity index is 466. The molecule has 0 aliphatic heterocycles. The van der Waals surface area contributed by atoms with Crippen LogP contribution in [0.15, 0.2) is 17.5 Å². The van der Waals surface area contributed by atoms with Crippen LogP contribution in [-0.2, 0) is 5.33 Å². The van der Waals surface area contributed by atoms with E-state index in [1.807, 2.05) is 6.07 Å². The SMILES string of the molecule is COc1cc(N)c(CBr)c2ccsc12. The van der Waals surface area contributed by atoms with Crippen molar-refractivity contribution in [1.82, 2.24) is 0 Å². The first-order chi connectivity index (χ1) is 6.77. The zero-order valence-corrected chi connectivity index (χ0v) is 10.1. The molecule has 14 heavy (non-hydrogen) atoms. The molecule has 0 aliphatic rings. The second-order valence-corrected chi connectivity index (χ2v) is 4.42. The standard InChI is InChI=1S/C10H10BrNOS/c1-13-9-4-8(12)7(5-11)6-2-3-14-10(6)9/h2-4H,5,12H2,1H3. The molecule has 4 heteroatoms. The number of nitrogen functional groups attached to an aromatic ring is 1. The Morgan fingerprint density at radius 3 is 3.00 bits per heavy atom. The Labute approximate surface area is 94.8 Å². The first-order valence-electron chi connectivity index (χ1n) is 4.16. The predicted octanol–water partition coefficient (Wildman–Crippen LogP) is 3.39. The Morgan fingerprint density at radius 2 is 2.36 bits per heavy atom. The minimum absolute atomic E-state index is 0.774. The van der Waals surface area contributed by atoms with Gasteiger partial charge in [0.2, 0.25) is 0 Å². The summed E-state index contributed by atoms with van der Waals surface area (Å²) >= 11 is 5.12. The maximum atomic E-state index is 5.93. The molecule has 0 amide bonds. The quantitative estimate of drug-likeness (QED) is 0.671. The second kappa shape index (κ2) is 3.79. The Hall–Kier alpha value is -0.740. The number of alkyl halides is 1. The zero-order valence-electron chi connectivity index (χ0n) is 7.71. The molecular weight excluding hydrogens is 262 g/mol. The third kappa shape index (κ3) is 1.38. The first kappa shape index (κ1) is 9.80. The topological polar surface area (TPSA) is 35.2 Å². The minimum Gasteiger partial charge on any atom is -0.495 e. The van der Waals surface area contributed by atoms with Crippen LogP contribution in [0.25, 0.3) is 10.1 Å². The van der Waals surface area contributed by atoms with Crippen LogP contribution in [0.3, 0.4) is 0 Å². The summed E-state index contributed by atoms with van der Waals surface area (Å²) in [6.45, 7) is 0. The van der Waals surface area contributed by atoms with Gasteiger partial charge < -0.3 is 10.5 Å². The zero-order chi connectivity index (χ0) is 10.1. The van der Waals surface area contributed by atoms with Gasteiger partial charge in [0.15, 0.2) is 0 Å². The molecular formula is C10H10BrNOS. The highest BCUT2D eigenvalue weighted by Gasteiger charge is 2.10. The number of rotatable bonds is 2. The van der Waals surface area contributed by atoms with Crippen molar-refractivity contribution in [3.05, 3.63) is 23.1 Å². The first-order valence-corrected chi connectivity index (χ1v) is 6.16. The summed E-state index contributed by atoms with van der Waals surface area (Å²) in [4.78, 5) is 0. The van der Waals surface area contributed by atoms with E-state index in [1.54, 1.807) is 18.4 Å². The van der Waals surface area contributed by atoms with Gasteiger partial charge in [-0.3, -0.25) is 0 Å². The maximum Gasteiger partial charge on any atom is 0.138 e. The summed E-state index contributed by atoms with van der Waals surface area (Å²) in [6.07, 6.45) is 0. The lowest BCUT2D eigenvalue weighted by atomic mass is 10.1. The van der Waals surface area contributed by atoms with E-state index in [4.69, 9.17) is 10.5 Å². The van der Waals surface area contributed by atoms with Crippen LogP contribution in [0, 0.1) is 0 Å². The third-order valence-electron chi connectivity index (χ3n) is 2.20. The van der Waals surface area contributed by atoms with Crippen LogP contribution in [0.1, 0.15) is 5.56 Å². The number of halogens is 1. The number of anilines is 1. The predicted molar refractivity (Wildman–Crippen MR) is 65.4 cm³/mol. The number of thiophene rings is 1. The smallest absolute Gasteiger partial charge is 0.138 e. The van der Waals surface area contributed by atoms with Crippen molar-refractivity contribution in [2.24, 2.45) is 0 Å². The summed E-state index contributed by atoms with van der Waals surface area (Å²) in [5, 5.41) is 4.01. The van der Waals surface area contributed by atoms with E-state index in [2.05, 4.69) is 27.4 Å². The normalized spacial score (nSPS) is 10.7. The summed E-state index contributed by atoms with van der Waals surface area (Å²) in [5.41, 5.74) is 7.85. The number of fused-ring (bicyclic) bond motifs is 1. The van der Waals surface area contributed by atoms with Crippen LogP contribution in [-0.4, -0.2) is 7.11 Å². The van der Waals surface area contributed by atoms with Gasteiger partial charge in [0.1, 0.15) is 5.75 Å². The van der Waals surface area contributed by atoms with Gasteiger partial charge in [0.25, 0.3) is 0 Å². The van der Waals surface area contributed by atoms with Gasteiger partial charge in [-0.2, -0.15) is 0 Å². The van der Waals surface area contributed by atoms with Crippen molar-refractivity contribution < 1.29 is 4.74 Å². The fourth-order valence-corrected chi connectivity index (χ4v) is 3.03. The van der Waals surface area contributed by atoms with E-state index in [0.717, 1.165) is 27.0 Å². The molecule has 74 valence electrons. The van der Waals surface area contributed by atoms with Crippen molar-refractivity contribution >= 4 is 43.0 Å². The van der Waals surface area contributed by atoms with Crippen molar-refractivity contribution in [3.63, 3.8) is 0 Å². The van der Waals surface area contributed by atoms with Gasteiger partial charge in [-0.25, -0.2) is 0 Å². The average Bonchev–Trinajstić information content (AvgIpc) is 2.65. The molecule has 0 radical (unpaired) electrons. The largest absolute Gasteiger partial charge is 0.495 e. The number of hydrogen-bond acceptors (Lipinski definition) is 3. The molecule has 1 aromatic carbocycles. The maximum absolute atomic E-state index is 5.93. The molecule has 0 aliphatic carbocycles. The molecule has 0 atom stereocenters. The van der Waals surface area contributed by atoms with Crippen molar-refractivity contribution in [2.45, 2.75) is 5.33 Å². The number of methoxy groups -OCH3 is 1. The van der Waals surface area contributed by atoms with Crippen LogP contribution >= 0.6 is 27.3 Å². The van der Waals surface area contributed by atoms with Gasteiger partial charge in [0, 0.05) is 22.5 Å². The fraction of sp³-hybridized carbons (Fsp3) is 0.200. The van der Waals surface area contributed by atoms with Gasteiger partial charge >= 0.3 is 0 Å². The van der Waals surface area contributed by atoms with Gasteiger partial charge in [-0.15, -0.1) is 11.3 Å². The molecule has 2 N–H and O–H groups in total. The number of benzene rings is 1. The summed E-state index contributed by atoms with van der Waals surface area (Å²) in [6, 6.07) is 3.96. The van der Waals surface area contributed by atoms with E-state index >= 15 is 0 Å². The van der Waals surface area contributed by atoms with Crippen LogP contribution in [0.5, 0.6) is 5.75 Å². The Kier molecular flexibility index (Phi) is 2.65. The molecule has 2 rings (SSSR count). The molecule has 0 spiro atoms. The van der Waals surface area contributed by atoms with E-state index in [-0.39, 0.29) is 0 Å². The van der Waals surface area contributed by atoms with Crippen LogP contribution in [0.2, 0.25) is 0 Å². The van der Waals surface area contributed by atoms with E-state index < -0.39 is 0 Å². The van der Waals surface area contributed by atoms with Crippen molar-refractivity contribution in [2.75, 3.05) is 12.8 Å². The Morgan fingerprint density at radius 1 is 1.57 bits per heavy atom. The molecule has 0 bridgehead atoms. The summed E-state index contributed by atoms with van der Waals surface area (Å²) in [5.74, 6) is 0.859. The highest BCUT2D eigenvalue weighted by Crippen LogP contribution is 2.37. The lowest BCUT2D eigenvalue weighted by Gasteiger charge is -2.08. The molecule has 2 nitrogen and oxygen atoms in total. The highest BCUT2D eigenvalue weighted by molar-refractivity contribution is 9.08. The molecule has 1 aromatic heterocycles. The molecule has 0 saturated carbocycles. The number of hydrogen-bond donors (Lipinski definition) is 1. The third-order valence-corrected chi connectivity index (χ3v) is 3.69. The van der Waals surface area contributed by atoms with Gasteiger partial charge in [-0.1, -0.05) is 15.9 Å². The average molecular weight is 272 g/mol. The molecule has 2 aromatic rings. The monoisotopic (exact) mass is 271 g/mol. The van der Waals surface area contributed by atoms with Crippen molar-refractivity contribution in [1.29, 1.82) is 0 Å².